The van der Waals surface area contributed by atoms with Crippen LogP contribution in [0, 0.1) is 0 Å². The van der Waals surface area contributed by atoms with Crippen molar-refractivity contribution in [3.05, 3.63) is 35.4 Å². The van der Waals surface area contributed by atoms with Crippen molar-refractivity contribution in [2.45, 2.75) is 19.9 Å². The Balaban J connectivity index is 1.81. The third kappa shape index (κ3) is 5.27. The lowest BCUT2D eigenvalue weighted by Crippen LogP contribution is -2.52. The zero-order valence-corrected chi connectivity index (χ0v) is 15.1. The average Bonchev–Trinajstić information content (AvgIpc) is 2.55. The van der Waals surface area contributed by atoms with E-state index in [1.165, 1.54) is 9.87 Å². The minimum absolute atomic E-state index is 0.0265. The molecule has 0 radical (unpaired) electrons. The van der Waals surface area contributed by atoms with E-state index in [1.807, 2.05) is 17.0 Å². The van der Waals surface area contributed by atoms with E-state index in [1.54, 1.807) is 11.9 Å². The molecule has 1 amide bonds. The third-order valence-electron chi connectivity index (χ3n) is 4.33. The van der Waals surface area contributed by atoms with Crippen LogP contribution in [0.5, 0.6) is 0 Å². The second-order valence-corrected chi connectivity index (χ2v) is 7.69. The molecule has 0 spiro atoms. The molecule has 7 nitrogen and oxygen atoms in total. The molecule has 2 N–H and O–H groups in total. The number of aryl methyl sites for hydroxylation is 1. The molecule has 1 saturated heterocycles. The number of piperazine rings is 1. The summed E-state index contributed by atoms with van der Waals surface area (Å²) in [5.74, 6) is 0.0265. The summed E-state index contributed by atoms with van der Waals surface area (Å²) in [6.07, 6.45) is 1.000. The van der Waals surface area contributed by atoms with Crippen LogP contribution < -0.4 is 5.14 Å². The van der Waals surface area contributed by atoms with E-state index >= 15 is 0 Å². The van der Waals surface area contributed by atoms with Crippen LogP contribution in [-0.2, 0) is 28.0 Å². The van der Waals surface area contributed by atoms with Gasteiger partial charge in [0.2, 0.25) is 5.91 Å². The van der Waals surface area contributed by atoms with Gasteiger partial charge in [-0.15, -0.1) is 0 Å². The van der Waals surface area contributed by atoms with Crippen LogP contribution in [0.4, 0.5) is 0 Å². The van der Waals surface area contributed by atoms with Crippen LogP contribution in [0.1, 0.15) is 18.1 Å². The molecule has 0 unspecified atom stereocenters. The molecule has 1 aliphatic rings. The van der Waals surface area contributed by atoms with Gasteiger partial charge in [-0.05, 0) is 17.5 Å². The molecule has 1 fully saturated rings. The summed E-state index contributed by atoms with van der Waals surface area (Å²) in [5, 5.41) is 5.12. The Bertz CT molecular complexity index is 652. The molecule has 1 aliphatic heterocycles. The number of hydrogen-bond donors (Lipinski definition) is 1. The maximum atomic E-state index is 12.3. The summed E-state index contributed by atoms with van der Waals surface area (Å²) >= 11 is 0. The lowest BCUT2D eigenvalue weighted by Gasteiger charge is -2.33. The van der Waals surface area contributed by atoms with E-state index in [2.05, 4.69) is 19.1 Å². The van der Waals surface area contributed by atoms with Gasteiger partial charge in [0.25, 0.3) is 10.2 Å². The van der Waals surface area contributed by atoms with Crippen molar-refractivity contribution in [3.63, 3.8) is 0 Å². The number of nitrogens with two attached hydrogens (primary N) is 1. The first-order chi connectivity index (χ1) is 11.3. The van der Waals surface area contributed by atoms with Gasteiger partial charge in [0, 0.05) is 39.8 Å². The molecule has 24 heavy (non-hydrogen) atoms. The van der Waals surface area contributed by atoms with Gasteiger partial charge in [-0.25, -0.2) is 5.14 Å². The second-order valence-electron chi connectivity index (χ2n) is 6.14. The number of amides is 1. The maximum Gasteiger partial charge on any atom is 0.276 e. The molecule has 2 rings (SSSR count). The Kier molecular flexibility index (Phi) is 6.34. The lowest BCUT2D eigenvalue weighted by atomic mass is 10.1. The van der Waals surface area contributed by atoms with Crippen LogP contribution in [0.2, 0.25) is 0 Å². The highest BCUT2D eigenvalue weighted by Crippen LogP contribution is 2.09. The highest BCUT2D eigenvalue weighted by atomic mass is 32.2. The fraction of sp³-hybridized carbons (Fsp3) is 0.562. The van der Waals surface area contributed by atoms with Gasteiger partial charge in [0.15, 0.2) is 0 Å². The van der Waals surface area contributed by atoms with Crippen molar-refractivity contribution in [2.75, 3.05) is 39.8 Å². The smallest absolute Gasteiger partial charge is 0.276 e. The van der Waals surface area contributed by atoms with Crippen molar-refractivity contribution in [3.8, 4) is 0 Å². The summed E-state index contributed by atoms with van der Waals surface area (Å²) < 4.78 is 23.8. The van der Waals surface area contributed by atoms with Crippen molar-refractivity contribution in [2.24, 2.45) is 5.14 Å². The summed E-state index contributed by atoms with van der Waals surface area (Å²) in [4.78, 5) is 16.0. The van der Waals surface area contributed by atoms with Gasteiger partial charge in [0.05, 0.1) is 6.54 Å². The molecular formula is C16H26N4O3S. The van der Waals surface area contributed by atoms with Crippen molar-refractivity contribution in [1.29, 1.82) is 0 Å². The molecule has 0 atom stereocenters. The molecule has 1 aromatic carbocycles. The van der Waals surface area contributed by atoms with Gasteiger partial charge < -0.3 is 4.90 Å². The first-order valence-corrected chi connectivity index (χ1v) is 9.62. The molecule has 0 aromatic heterocycles. The lowest BCUT2D eigenvalue weighted by molar-refractivity contribution is -0.131. The minimum atomic E-state index is -3.63. The SMILES string of the molecule is CCc1ccc(CN(C)C(=O)CN2CCN(S(N)(=O)=O)CC2)cc1. The molecule has 0 bridgehead atoms. The zero-order chi connectivity index (χ0) is 17.7. The van der Waals surface area contributed by atoms with E-state index in [0.29, 0.717) is 39.3 Å². The predicted octanol–water partition coefficient (Wildman–Crippen LogP) is 0.0285. The largest absolute Gasteiger partial charge is 0.340 e. The zero-order valence-electron chi connectivity index (χ0n) is 14.3. The molecule has 1 aromatic rings. The van der Waals surface area contributed by atoms with E-state index in [0.717, 1.165) is 12.0 Å². The number of hydrogen-bond acceptors (Lipinski definition) is 4. The van der Waals surface area contributed by atoms with E-state index in [9.17, 15) is 13.2 Å². The maximum absolute atomic E-state index is 12.3. The van der Waals surface area contributed by atoms with Gasteiger partial charge >= 0.3 is 0 Å². The Morgan fingerprint density at radius 3 is 2.17 bits per heavy atom. The number of likely N-dealkylation sites (N-methyl/N-ethyl adjacent to an activating group) is 1. The van der Waals surface area contributed by atoms with Crippen LogP contribution in [-0.4, -0.2) is 68.2 Å². The number of rotatable bonds is 6. The Morgan fingerprint density at radius 1 is 1.12 bits per heavy atom. The monoisotopic (exact) mass is 354 g/mol. The number of benzene rings is 1. The van der Waals surface area contributed by atoms with Crippen LogP contribution in [0.3, 0.4) is 0 Å². The first-order valence-electron chi connectivity index (χ1n) is 8.11. The predicted molar refractivity (Wildman–Crippen MR) is 93.4 cm³/mol. The second kappa shape index (κ2) is 8.06. The van der Waals surface area contributed by atoms with Crippen molar-refractivity contribution >= 4 is 16.1 Å². The van der Waals surface area contributed by atoms with Crippen LogP contribution in [0.15, 0.2) is 24.3 Å². The summed E-state index contributed by atoms with van der Waals surface area (Å²) in [5.41, 5.74) is 2.38. The standard InChI is InChI=1S/C16H26N4O3S/c1-3-14-4-6-15(7-5-14)12-18(2)16(21)13-19-8-10-20(11-9-19)24(17,22)23/h4-7H,3,8-13H2,1-2H3,(H2,17,22,23). The van der Waals surface area contributed by atoms with Gasteiger partial charge in [0.1, 0.15) is 0 Å². The Labute approximate surface area is 144 Å². The molecule has 0 saturated carbocycles. The highest BCUT2D eigenvalue weighted by Gasteiger charge is 2.25. The fourth-order valence-corrected chi connectivity index (χ4v) is 3.37. The van der Waals surface area contributed by atoms with Crippen molar-refractivity contribution < 1.29 is 13.2 Å². The number of nitrogens with zero attached hydrogens (tertiary/aromatic N) is 3. The molecule has 134 valence electrons. The third-order valence-corrected chi connectivity index (χ3v) is 5.41. The molecular weight excluding hydrogens is 328 g/mol. The fourth-order valence-electron chi connectivity index (χ4n) is 2.70. The van der Waals surface area contributed by atoms with E-state index < -0.39 is 10.2 Å². The molecule has 1 heterocycles. The normalized spacial score (nSPS) is 17.0. The first kappa shape index (κ1) is 18.9. The average molecular weight is 354 g/mol. The van der Waals surface area contributed by atoms with Crippen LogP contribution >= 0.6 is 0 Å². The molecule has 8 heteroatoms. The summed E-state index contributed by atoms with van der Waals surface area (Å²) in [6.45, 7) is 4.66. The van der Waals surface area contributed by atoms with Gasteiger partial charge in [-0.2, -0.15) is 12.7 Å². The highest BCUT2D eigenvalue weighted by molar-refractivity contribution is 7.86. The summed E-state index contributed by atoms with van der Waals surface area (Å²) in [7, 11) is -1.84. The topological polar surface area (TPSA) is 86.9 Å². The Morgan fingerprint density at radius 2 is 1.67 bits per heavy atom. The number of carbonyl (C=O) groups is 1. The van der Waals surface area contributed by atoms with E-state index in [-0.39, 0.29) is 5.91 Å². The minimum Gasteiger partial charge on any atom is -0.340 e. The Hall–Kier alpha value is -1.48. The van der Waals surface area contributed by atoms with Crippen molar-refractivity contribution in [1.82, 2.24) is 14.1 Å². The van der Waals surface area contributed by atoms with E-state index in [4.69, 9.17) is 5.14 Å². The number of carbonyl (C=O) groups excluding carboxylic acids is 1. The quantitative estimate of drug-likeness (QED) is 0.781. The van der Waals surface area contributed by atoms with Gasteiger partial charge in [-0.3, -0.25) is 9.69 Å². The van der Waals surface area contributed by atoms with Crippen LogP contribution in [0.25, 0.3) is 0 Å². The summed E-state index contributed by atoms with van der Waals surface area (Å²) in [6, 6.07) is 8.27. The molecule has 0 aliphatic carbocycles. The van der Waals surface area contributed by atoms with Gasteiger partial charge in [-0.1, -0.05) is 31.2 Å².